The van der Waals surface area contributed by atoms with E-state index in [1.54, 1.807) is 31.4 Å². The third kappa shape index (κ3) is 5.25. The van der Waals surface area contributed by atoms with Crippen molar-refractivity contribution in [3.8, 4) is 5.75 Å². The number of hydrogen-bond acceptors (Lipinski definition) is 5. The first-order valence-corrected chi connectivity index (χ1v) is 7.87. The van der Waals surface area contributed by atoms with Gasteiger partial charge in [0.25, 0.3) is 0 Å². The monoisotopic (exact) mass is 320 g/mol. The molecule has 0 aliphatic carbocycles. The molecule has 1 saturated heterocycles. The van der Waals surface area contributed by atoms with Crippen LogP contribution in [0.3, 0.4) is 0 Å². The van der Waals surface area contributed by atoms with Gasteiger partial charge in [0, 0.05) is 11.7 Å². The second-order valence-corrected chi connectivity index (χ2v) is 5.68. The number of esters is 1. The molecular weight excluding hydrogens is 296 g/mol. The van der Waals surface area contributed by atoms with Crippen molar-refractivity contribution in [1.29, 1.82) is 0 Å². The third-order valence-corrected chi connectivity index (χ3v) is 4.10. The zero-order chi connectivity index (χ0) is 16.7. The molecule has 6 heteroatoms. The number of amides is 1. The van der Waals surface area contributed by atoms with Crippen molar-refractivity contribution in [2.75, 3.05) is 32.6 Å². The Balaban J connectivity index is 1.89. The van der Waals surface area contributed by atoms with Crippen LogP contribution in [0.2, 0.25) is 0 Å². The molecule has 0 spiro atoms. The average Bonchev–Trinajstić information content (AvgIpc) is 2.57. The molecule has 0 bridgehead atoms. The Kier molecular flexibility index (Phi) is 6.40. The van der Waals surface area contributed by atoms with Crippen molar-refractivity contribution in [2.24, 2.45) is 0 Å². The molecule has 1 aliphatic rings. The van der Waals surface area contributed by atoms with Gasteiger partial charge in [-0.05, 0) is 43.7 Å². The number of nitrogens with one attached hydrogen (secondary N) is 1. The van der Waals surface area contributed by atoms with Crippen molar-refractivity contribution in [1.82, 2.24) is 4.90 Å². The molecule has 1 N–H and O–H groups in total. The molecule has 23 heavy (non-hydrogen) atoms. The van der Waals surface area contributed by atoms with Gasteiger partial charge in [0.2, 0.25) is 5.91 Å². The van der Waals surface area contributed by atoms with E-state index in [4.69, 9.17) is 9.47 Å². The van der Waals surface area contributed by atoms with E-state index in [1.807, 2.05) is 0 Å². The number of hydrogen-bond donors (Lipinski definition) is 1. The van der Waals surface area contributed by atoms with E-state index in [2.05, 4.69) is 10.2 Å². The minimum atomic E-state index is -0.225. The van der Waals surface area contributed by atoms with Crippen LogP contribution < -0.4 is 10.1 Å². The summed E-state index contributed by atoms with van der Waals surface area (Å²) in [4.78, 5) is 25.8. The number of nitrogens with zero attached hydrogens (tertiary/aromatic N) is 1. The van der Waals surface area contributed by atoms with Gasteiger partial charge in [0.05, 0.1) is 27.2 Å². The number of methoxy groups -OCH3 is 2. The summed E-state index contributed by atoms with van der Waals surface area (Å²) in [6.07, 6.45) is 3.39. The molecule has 1 atom stereocenters. The fraction of sp³-hybridized carbons (Fsp3) is 0.529. The summed E-state index contributed by atoms with van der Waals surface area (Å²) < 4.78 is 9.84. The Morgan fingerprint density at radius 3 is 2.61 bits per heavy atom. The highest BCUT2D eigenvalue weighted by Gasteiger charge is 2.26. The Bertz CT molecular complexity index is 530. The van der Waals surface area contributed by atoms with Gasteiger partial charge in [0.1, 0.15) is 5.75 Å². The molecule has 1 amide bonds. The normalized spacial score (nSPS) is 18.3. The zero-order valence-corrected chi connectivity index (χ0v) is 13.7. The molecule has 6 nitrogen and oxygen atoms in total. The predicted molar refractivity (Wildman–Crippen MR) is 87.5 cm³/mol. The summed E-state index contributed by atoms with van der Waals surface area (Å²) in [6.45, 7) is 1.12. The van der Waals surface area contributed by atoms with E-state index < -0.39 is 0 Å². The number of rotatable bonds is 6. The molecular formula is C17H24N2O4. The second kappa shape index (κ2) is 8.53. The van der Waals surface area contributed by atoms with Crippen LogP contribution in [0.15, 0.2) is 24.3 Å². The lowest BCUT2D eigenvalue weighted by molar-refractivity contribution is -0.142. The molecule has 126 valence electrons. The minimum Gasteiger partial charge on any atom is -0.497 e. The van der Waals surface area contributed by atoms with Crippen molar-refractivity contribution in [3.63, 3.8) is 0 Å². The summed E-state index contributed by atoms with van der Waals surface area (Å²) in [5.41, 5.74) is 0.734. The van der Waals surface area contributed by atoms with Gasteiger partial charge in [0.15, 0.2) is 0 Å². The van der Waals surface area contributed by atoms with Gasteiger partial charge in [-0.2, -0.15) is 0 Å². The molecule has 1 aromatic rings. The molecule has 0 radical (unpaired) electrons. The third-order valence-electron chi connectivity index (χ3n) is 4.10. The number of likely N-dealkylation sites (tertiary alicyclic amines) is 1. The highest BCUT2D eigenvalue weighted by atomic mass is 16.5. The van der Waals surface area contributed by atoms with Gasteiger partial charge in [-0.15, -0.1) is 0 Å². The fourth-order valence-electron chi connectivity index (χ4n) is 2.83. The first-order chi connectivity index (χ1) is 11.1. The first kappa shape index (κ1) is 17.3. The predicted octanol–water partition coefficient (Wildman–Crippen LogP) is 2.05. The summed E-state index contributed by atoms with van der Waals surface area (Å²) in [6, 6.07) is 7.29. The van der Waals surface area contributed by atoms with Crippen LogP contribution >= 0.6 is 0 Å². The van der Waals surface area contributed by atoms with Crippen molar-refractivity contribution in [3.05, 3.63) is 24.3 Å². The molecule has 1 fully saturated rings. The second-order valence-electron chi connectivity index (χ2n) is 5.68. The summed E-state index contributed by atoms with van der Waals surface area (Å²) in [5, 5.41) is 2.88. The Hall–Kier alpha value is -2.08. The summed E-state index contributed by atoms with van der Waals surface area (Å²) in [5.74, 6) is 0.446. The number of carbonyl (C=O) groups is 2. The maximum absolute atomic E-state index is 12.2. The van der Waals surface area contributed by atoms with Crippen LogP contribution in [0.25, 0.3) is 0 Å². The summed E-state index contributed by atoms with van der Waals surface area (Å²) in [7, 11) is 3.00. The van der Waals surface area contributed by atoms with Crippen LogP contribution in [-0.2, 0) is 14.3 Å². The fourth-order valence-corrected chi connectivity index (χ4v) is 2.83. The smallest absolute Gasteiger partial charge is 0.307 e. The van der Waals surface area contributed by atoms with Gasteiger partial charge in [-0.1, -0.05) is 6.42 Å². The number of piperidine rings is 1. The lowest BCUT2D eigenvalue weighted by Gasteiger charge is -2.34. The average molecular weight is 320 g/mol. The van der Waals surface area contributed by atoms with Gasteiger partial charge in [-0.25, -0.2) is 0 Å². The lowest BCUT2D eigenvalue weighted by atomic mass is 9.99. The molecule has 2 rings (SSSR count). The highest BCUT2D eigenvalue weighted by molar-refractivity contribution is 5.92. The van der Waals surface area contributed by atoms with Crippen LogP contribution in [0.1, 0.15) is 25.7 Å². The van der Waals surface area contributed by atoms with E-state index in [1.165, 1.54) is 7.11 Å². The number of anilines is 1. The highest BCUT2D eigenvalue weighted by Crippen LogP contribution is 2.20. The molecule has 0 saturated carbocycles. The minimum absolute atomic E-state index is 0.0769. The van der Waals surface area contributed by atoms with Crippen LogP contribution in [0.4, 0.5) is 5.69 Å². The maximum Gasteiger partial charge on any atom is 0.307 e. The van der Waals surface area contributed by atoms with Crippen molar-refractivity contribution < 1.29 is 19.1 Å². The van der Waals surface area contributed by atoms with E-state index in [0.29, 0.717) is 6.42 Å². The lowest BCUT2D eigenvalue weighted by Crippen LogP contribution is -2.45. The van der Waals surface area contributed by atoms with Crippen molar-refractivity contribution >= 4 is 17.6 Å². The van der Waals surface area contributed by atoms with Gasteiger partial charge < -0.3 is 14.8 Å². The van der Waals surface area contributed by atoms with E-state index in [-0.39, 0.29) is 24.5 Å². The van der Waals surface area contributed by atoms with Crippen LogP contribution in [-0.4, -0.2) is 50.1 Å². The molecule has 1 heterocycles. The SMILES string of the molecule is COC(=O)C[C@H]1CCCCN1CC(=O)Nc1ccc(OC)cc1. The topological polar surface area (TPSA) is 67.9 Å². The summed E-state index contributed by atoms with van der Waals surface area (Å²) >= 11 is 0. The molecule has 1 aromatic carbocycles. The van der Waals surface area contributed by atoms with E-state index >= 15 is 0 Å². The maximum atomic E-state index is 12.2. The van der Waals surface area contributed by atoms with Crippen LogP contribution in [0, 0.1) is 0 Å². The van der Waals surface area contributed by atoms with E-state index in [0.717, 1.165) is 37.2 Å². The van der Waals surface area contributed by atoms with Gasteiger partial charge >= 0.3 is 5.97 Å². The van der Waals surface area contributed by atoms with Crippen LogP contribution in [0.5, 0.6) is 5.75 Å². The zero-order valence-electron chi connectivity index (χ0n) is 13.7. The number of benzene rings is 1. The van der Waals surface area contributed by atoms with Gasteiger partial charge in [-0.3, -0.25) is 14.5 Å². The molecule has 1 aliphatic heterocycles. The first-order valence-electron chi connectivity index (χ1n) is 7.87. The number of ether oxygens (including phenoxy) is 2. The number of carbonyl (C=O) groups excluding carboxylic acids is 2. The standard InChI is InChI=1S/C17H24N2O4/c1-22-15-8-6-13(7-9-15)18-16(20)12-19-10-4-3-5-14(19)11-17(21)23-2/h6-9,14H,3-5,10-12H2,1-2H3,(H,18,20)/t14-/m1/s1. The van der Waals surface area contributed by atoms with Crippen molar-refractivity contribution in [2.45, 2.75) is 31.7 Å². The van der Waals surface area contributed by atoms with E-state index in [9.17, 15) is 9.59 Å². The Morgan fingerprint density at radius 2 is 1.96 bits per heavy atom. The Morgan fingerprint density at radius 1 is 1.22 bits per heavy atom. The molecule has 0 unspecified atom stereocenters. The largest absolute Gasteiger partial charge is 0.497 e. The molecule has 0 aromatic heterocycles. The Labute approximate surface area is 136 Å². The quantitative estimate of drug-likeness (QED) is 0.813.